The molecule has 7 heteroatoms. The van der Waals surface area contributed by atoms with Crippen molar-refractivity contribution in [3.8, 4) is 6.07 Å². The zero-order valence-electron chi connectivity index (χ0n) is 15.5. The SMILES string of the molecule is C[C@H]1C[C@@H](NC(=O)CC2(N)CC2)CN(c2ccc(C#N)c3nccnc23)C1. The zero-order chi connectivity index (χ0) is 19.0. The molecule has 0 bridgehead atoms. The smallest absolute Gasteiger partial charge is 0.222 e. The van der Waals surface area contributed by atoms with E-state index in [1.807, 2.05) is 6.07 Å². The molecule has 0 unspecified atom stereocenters. The lowest BCUT2D eigenvalue weighted by atomic mass is 9.94. The second-order valence-corrected chi connectivity index (χ2v) is 8.05. The highest BCUT2D eigenvalue weighted by Crippen LogP contribution is 2.35. The van der Waals surface area contributed by atoms with E-state index in [0.29, 0.717) is 30.0 Å². The third-order valence-electron chi connectivity index (χ3n) is 5.49. The lowest BCUT2D eigenvalue weighted by molar-refractivity contribution is -0.122. The first kappa shape index (κ1) is 17.7. The number of hydrogen-bond acceptors (Lipinski definition) is 6. The Hall–Kier alpha value is -2.72. The number of nitriles is 1. The predicted molar refractivity (Wildman–Crippen MR) is 103 cm³/mol. The van der Waals surface area contributed by atoms with Crippen molar-refractivity contribution in [1.82, 2.24) is 15.3 Å². The van der Waals surface area contributed by atoms with Crippen molar-refractivity contribution in [1.29, 1.82) is 5.26 Å². The van der Waals surface area contributed by atoms with Gasteiger partial charge in [0.2, 0.25) is 5.91 Å². The fourth-order valence-electron chi connectivity index (χ4n) is 3.98. The minimum atomic E-state index is -0.275. The van der Waals surface area contributed by atoms with Crippen LogP contribution in [-0.4, -0.2) is 40.5 Å². The molecule has 3 N–H and O–H groups in total. The number of anilines is 1. The highest BCUT2D eigenvalue weighted by atomic mass is 16.1. The van der Waals surface area contributed by atoms with Crippen LogP contribution in [0.15, 0.2) is 24.5 Å². The van der Waals surface area contributed by atoms with Crippen LogP contribution < -0.4 is 16.0 Å². The quantitative estimate of drug-likeness (QED) is 0.855. The van der Waals surface area contributed by atoms with Gasteiger partial charge in [0.05, 0.1) is 11.3 Å². The topological polar surface area (TPSA) is 108 Å². The van der Waals surface area contributed by atoms with Gasteiger partial charge in [-0.15, -0.1) is 0 Å². The first-order valence-corrected chi connectivity index (χ1v) is 9.44. The maximum Gasteiger partial charge on any atom is 0.222 e. The molecular formula is C20H24N6O. The molecule has 1 aliphatic carbocycles. The van der Waals surface area contributed by atoms with Gasteiger partial charge in [0, 0.05) is 43.5 Å². The molecule has 0 radical (unpaired) electrons. The maximum absolute atomic E-state index is 12.3. The number of fused-ring (bicyclic) bond motifs is 1. The van der Waals surface area contributed by atoms with Crippen LogP contribution in [-0.2, 0) is 4.79 Å². The van der Waals surface area contributed by atoms with Gasteiger partial charge in [0.15, 0.2) is 0 Å². The monoisotopic (exact) mass is 364 g/mol. The maximum atomic E-state index is 12.3. The summed E-state index contributed by atoms with van der Waals surface area (Å²) in [5.41, 5.74) is 8.63. The molecule has 2 heterocycles. The molecule has 4 rings (SSSR count). The fraction of sp³-hybridized carbons (Fsp3) is 0.500. The Kier molecular flexibility index (Phi) is 4.44. The predicted octanol–water partition coefficient (Wildman–Crippen LogP) is 1.71. The number of nitrogens with one attached hydrogen (secondary N) is 1. The summed E-state index contributed by atoms with van der Waals surface area (Å²) in [6, 6.07) is 5.99. The van der Waals surface area contributed by atoms with Crippen molar-refractivity contribution in [2.24, 2.45) is 11.7 Å². The summed E-state index contributed by atoms with van der Waals surface area (Å²) in [4.78, 5) is 23.4. The fourth-order valence-corrected chi connectivity index (χ4v) is 3.98. The first-order chi connectivity index (χ1) is 13.0. The van der Waals surface area contributed by atoms with Crippen LogP contribution >= 0.6 is 0 Å². The summed E-state index contributed by atoms with van der Waals surface area (Å²) in [6.07, 6.45) is 6.47. The van der Waals surface area contributed by atoms with Gasteiger partial charge in [0.1, 0.15) is 17.1 Å². The van der Waals surface area contributed by atoms with Crippen LogP contribution in [0.1, 0.15) is 38.2 Å². The second kappa shape index (κ2) is 6.78. The molecule has 2 aliphatic rings. The van der Waals surface area contributed by atoms with Crippen molar-refractivity contribution in [2.45, 2.75) is 44.2 Å². The molecule has 1 saturated carbocycles. The van der Waals surface area contributed by atoms with Crippen molar-refractivity contribution in [2.75, 3.05) is 18.0 Å². The number of hydrogen-bond donors (Lipinski definition) is 2. The minimum absolute atomic E-state index is 0.0403. The number of nitrogens with two attached hydrogens (primary N) is 1. The van der Waals surface area contributed by atoms with Crippen molar-refractivity contribution < 1.29 is 4.79 Å². The molecule has 1 aromatic heterocycles. The minimum Gasteiger partial charge on any atom is -0.367 e. The van der Waals surface area contributed by atoms with E-state index in [4.69, 9.17) is 5.73 Å². The molecule has 7 nitrogen and oxygen atoms in total. The van der Waals surface area contributed by atoms with Crippen molar-refractivity contribution in [3.05, 3.63) is 30.1 Å². The Labute approximate surface area is 158 Å². The number of piperidine rings is 1. The molecule has 27 heavy (non-hydrogen) atoms. The number of carbonyl (C=O) groups excluding carboxylic acids is 1. The van der Waals surface area contributed by atoms with Gasteiger partial charge >= 0.3 is 0 Å². The lowest BCUT2D eigenvalue weighted by Gasteiger charge is -2.38. The molecule has 1 amide bonds. The van der Waals surface area contributed by atoms with Gasteiger partial charge in [-0.3, -0.25) is 14.8 Å². The number of rotatable bonds is 4. The van der Waals surface area contributed by atoms with E-state index in [1.165, 1.54) is 0 Å². The molecule has 1 aliphatic heterocycles. The molecule has 2 atom stereocenters. The highest BCUT2D eigenvalue weighted by Gasteiger charge is 2.40. The van der Waals surface area contributed by atoms with E-state index in [9.17, 15) is 10.1 Å². The Morgan fingerprint density at radius 1 is 1.33 bits per heavy atom. The summed E-state index contributed by atoms with van der Waals surface area (Å²) < 4.78 is 0. The largest absolute Gasteiger partial charge is 0.367 e. The van der Waals surface area contributed by atoms with Crippen LogP contribution in [0.5, 0.6) is 0 Å². The summed E-state index contributed by atoms with van der Waals surface area (Å²) in [7, 11) is 0. The van der Waals surface area contributed by atoms with Gasteiger partial charge in [-0.2, -0.15) is 5.26 Å². The van der Waals surface area contributed by atoms with E-state index in [-0.39, 0.29) is 17.5 Å². The average Bonchev–Trinajstić information content (AvgIpc) is 3.36. The Bertz CT molecular complexity index is 916. The van der Waals surface area contributed by atoms with Crippen LogP contribution in [0.2, 0.25) is 0 Å². The van der Waals surface area contributed by atoms with Gasteiger partial charge in [-0.25, -0.2) is 0 Å². The van der Waals surface area contributed by atoms with Crippen LogP contribution in [0.3, 0.4) is 0 Å². The average molecular weight is 364 g/mol. The molecule has 2 fully saturated rings. The first-order valence-electron chi connectivity index (χ1n) is 9.44. The summed E-state index contributed by atoms with van der Waals surface area (Å²) in [5, 5.41) is 12.5. The van der Waals surface area contributed by atoms with E-state index in [2.05, 4.69) is 33.2 Å². The number of aromatic nitrogens is 2. The third-order valence-corrected chi connectivity index (χ3v) is 5.49. The number of carbonyl (C=O) groups is 1. The van der Waals surface area contributed by atoms with Crippen LogP contribution in [0.4, 0.5) is 5.69 Å². The van der Waals surface area contributed by atoms with Gasteiger partial charge in [-0.1, -0.05) is 6.92 Å². The number of amides is 1. The lowest BCUT2D eigenvalue weighted by Crippen LogP contribution is -2.51. The highest BCUT2D eigenvalue weighted by molar-refractivity contribution is 5.92. The Morgan fingerprint density at radius 3 is 2.78 bits per heavy atom. The van der Waals surface area contributed by atoms with E-state index >= 15 is 0 Å². The normalized spacial score (nSPS) is 23.7. The summed E-state index contributed by atoms with van der Waals surface area (Å²) in [6.45, 7) is 3.78. The van der Waals surface area contributed by atoms with Gasteiger partial charge in [0.25, 0.3) is 0 Å². The second-order valence-electron chi connectivity index (χ2n) is 8.05. The molecule has 140 valence electrons. The number of benzene rings is 1. The van der Waals surface area contributed by atoms with Gasteiger partial charge in [-0.05, 0) is 37.3 Å². The standard InChI is InChI=1S/C20H24N6O/c1-13-8-15(25-17(27)9-20(22)4-5-20)12-26(11-13)16-3-2-14(10-21)18-19(16)24-7-6-23-18/h2-3,6-7,13,15H,4-5,8-9,11-12,22H2,1H3,(H,25,27)/t13-,15+/m0/s1. The molecule has 0 spiro atoms. The van der Waals surface area contributed by atoms with E-state index in [0.717, 1.165) is 37.0 Å². The third kappa shape index (κ3) is 3.71. The molecule has 1 saturated heterocycles. The van der Waals surface area contributed by atoms with E-state index < -0.39 is 0 Å². The summed E-state index contributed by atoms with van der Waals surface area (Å²) in [5.74, 6) is 0.470. The van der Waals surface area contributed by atoms with Crippen molar-refractivity contribution in [3.63, 3.8) is 0 Å². The Morgan fingerprint density at radius 2 is 2.07 bits per heavy atom. The Balaban J connectivity index is 1.56. The zero-order valence-corrected chi connectivity index (χ0v) is 15.5. The van der Waals surface area contributed by atoms with E-state index in [1.54, 1.807) is 18.5 Å². The van der Waals surface area contributed by atoms with Gasteiger partial charge < -0.3 is 16.0 Å². The summed E-state index contributed by atoms with van der Waals surface area (Å²) >= 11 is 0. The molecular weight excluding hydrogens is 340 g/mol. The molecule has 1 aromatic carbocycles. The van der Waals surface area contributed by atoms with Crippen molar-refractivity contribution >= 4 is 22.6 Å². The molecule has 2 aromatic rings. The van der Waals surface area contributed by atoms with Crippen LogP contribution in [0.25, 0.3) is 11.0 Å². The van der Waals surface area contributed by atoms with Crippen LogP contribution in [0, 0.1) is 17.2 Å². The number of nitrogens with zero attached hydrogens (tertiary/aromatic N) is 4.